The predicted molar refractivity (Wildman–Crippen MR) is 18.5 cm³/mol. The number of hydrogen-bond donors (Lipinski definition) is 0. The van der Waals surface area contributed by atoms with E-state index in [4.69, 9.17) is 0 Å². The van der Waals surface area contributed by atoms with Crippen molar-refractivity contribution >= 4 is 32.7 Å². The summed E-state index contributed by atoms with van der Waals surface area (Å²) in [6.07, 6.45) is 0. The second-order valence-electron chi connectivity index (χ2n) is 0. The van der Waals surface area contributed by atoms with Crippen molar-refractivity contribution in [1.82, 2.24) is 0 Å². The first-order valence-corrected chi connectivity index (χ1v) is 5.05. The summed E-state index contributed by atoms with van der Waals surface area (Å²) in [4.78, 5) is 0. The molecule has 0 atom stereocenters. The fourth-order valence-electron chi connectivity index (χ4n) is 0. The summed E-state index contributed by atoms with van der Waals surface area (Å²) in [6, 6.07) is 0. The molecule has 0 saturated heterocycles. The Kier molecular flexibility index (Phi) is 159. The molecule has 40 valence electrons. The van der Waals surface area contributed by atoms with Gasteiger partial charge in [-0.3, -0.25) is 0 Å². The molecule has 0 rings (SSSR count). The minimum absolute atomic E-state index is 0. The Labute approximate surface area is 80.9 Å². The third kappa shape index (κ3) is 20.8. The van der Waals surface area contributed by atoms with Gasteiger partial charge in [-0.15, -0.1) is 0 Å². The summed E-state index contributed by atoms with van der Waals surface area (Å²) >= 11 is 2.76. The summed E-state index contributed by atoms with van der Waals surface area (Å²) in [7, 11) is 1.18. The van der Waals surface area contributed by atoms with Crippen molar-refractivity contribution in [2.24, 2.45) is 0 Å². The molecule has 0 aromatic heterocycles. The molecule has 0 aliphatic carbocycles. The minimum atomic E-state index is 0. The Morgan fingerprint density at radius 1 is 1.20 bits per heavy atom. The van der Waals surface area contributed by atoms with Crippen LogP contribution in [0.25, 0.3) is 0 Å². The Balaban J connectivity index is -0.00000000167. The van der Waals surface area contributed by atoms with Gasteiger partial charge in [-0.05, 0) is 0 Å². The van der Waals surface area contributed by atoms with Crippen LogP contribution in [0.1, 0.15) is 0 Å². The Hall–Kier alpha value is 2.56. The molecule has 0 aromatic rings. The van der Waals surface area contributed by atoms with E-state index in [0.29, 0.717) is 0 Å². The predicted octanol–water partition coefficient (Wildman–Crippen LogP) is -2.11. The molecule has 0 N–H and O–H groups in total. The van der Waals surface area contributed by atoms with Gasteiger partial charge in [0, 0.05) is 33.6 Å². The van der Waals surface area contributed by atoms with Crippen LogP contribution in [-0.4, -0.2) is 32.7 Å². The SMILES string of the molecule is [Cu].[Ni].[SiH3][Cr].[SnH2]. The zero-order chi connectivity index (χ0) is 2.00. The molecular formula is H5CrCuNiSiSn. The molecule has 0 amide bonds. The van der Waals surface area contributed by atoms with Crippen LogP contribution in [0.15, 0.2) is 0 Å². The van der Waals surface area contributed by atoms with Crippen molar-refractivity contribution in [2.45, 2.75) is 0 Å². The van der Waals surface area contributed by atoms with Gasteiger partial charge in [0.1, 0.15) is 0 Å². The van der Waals surface area contributed by atoms with E-state index in [9.17, 15) is 0 Å². The van der Waals surface area contributed by atoms with Crippen molar-refractivity contribution < 1.29 is 49.2 Å². The Morgan fingerprint density at radius 2 is 1.20 bits per heavy atom. The molecule has 0 nitrogen and oxygen atoms in total. The molecule has 0 aliphatic heterocycles. The van der Waals surface area contributed by atoms with Gasteiger partial charge in [-0.25, -0.2) is 0 Å². The van der Waals surface area contributed by atoms with E-state index < -0.39 is 0 Å². The molecule has 0 aliphatic rings. The van der Waals surface area contributed by atoms with Crippen LogP contribution < -0.4 is 0 Å². The van der Waals surface area contributed by atoms with Gasteiger partial charge in [0.15, 0.2) is 0 Å². The molecule has 0 bridgehead atoms. The average molecular weight is 326 g/mol. The van der Waals surface area contributed by atoms with E-state index in [1.54, 1.807) is 0 Å². The standard InChI is InChI=1S/Cr.Cu.Ni.H3Si.Sn.2H/h;;;1H3;;;. The third-order valence-corrected chi connectivity index (χ3v) is 0. The van der Waals surface area contributed by atoms with Crippen molar-refractivity contribution in [3.63, 3.8) is 0 Å². The van der Waals surface area contributed by atoms with Crippen molar-refractivity contribution in [2.75, 3.05) is 0 Å². The van der Waals surface area contributed by atoms with Gasteiger partial charge in [-0.2, -0.15) is 0 Å². The van der Waals surface area contributed by atoms with Crippen LogP contribution in [0.5, 0.6) is 0 Å². The van der Waals surface area contributed by atoms with E-state index in [2.05, 4.69) is 15.6 Å². The zero-order valence-electron chi connectivity index (χ0n) is 2.73. The van der Waals surface area contributed by atoms with Crippen LogP contribution in [0.4, 0.5) is 0 Å². The molecular weight excluding hydrogens is 321 g/mol. The summed E-state index contributed by atoms with van der Waals surface area (Å²) in [5.41, 5.74) is 0. The van der Waals surface area contributed by atoms with E-state index in [1.807, 2.05) is 0 Å². The number of rotatable bonds is 0. The van der Waals surface area contributed by atoms with E-state index in [0.717, 1.165) is 0 Å². The molecule has 5 heavy (non-hydrogen) atoms. The van der Waals surface area contributed by atoms with Gasteiger partial charge in [0.05, 0.1) is 0 Å². The van der Waals surface area contributed by atoms with Crippen molar-refractivity contribution in [3.8, 4) is 0 Å². The zero-order valence-corrected chi connectivity index (χ0v) is 12.0. The van der Waals surface area contributed by atoms with Crippen molar-refractivity contribution in [1.29, 1.82) is 0 Å². The maximum atomic E-state index is 2.76. The second kappa shape index (κ2) is 30.9. The topological polar surface area (TPSA) is 0 Å². The van der Waals surface area contributed by atoms with Gasteiger partial charge in [-0.1, -0.05) is 0 Å². The molecule has 5 heteroatoms. The van der Waals surface area contributed by atoms with Gasteiger partial charge in [0.2, 0.25) is 0 Å². The van der Waals surface area contributed by atoms with Crippen LogP contribution in [0, 0.1) is 0 Å². The fourth-order valence-corrected chi connectivity index (χ4v) is 0. The summed E-state index contributed by atoms with van der Waals surface area (Å²) < 4.78 is 0. The van der Waals surface area contributed by atoms with Crippen LogP contribution in [0.2, 0.25) is 0 Å². The van der Waals surface area contributed by atoms with Gasteiger partial charge >= 0.3 is 48.4 Å². The first kappa shape index (κ1) is 25.7. The quantitative estimate of drug-likeness (QED) is 0.447. The van der Waals surface area contributed by atoms with Crippen molar-refractivity contribution in [3.05, 3.63) is 0 Å². The average Bonchev–Trinajstić information content (AvgIpc) is 1.00. The van der Waals surface area contributed by atoms with E-state index in [-0.39, 0.29) is 57.5 Å². The molecule has 0 heterocycles. The molecule has 0 saturated carbocycles. The second-order valence-corrected chi connectivity index (χ2v) is 0. The summed E-state index contributed by atoms with van der Waals surface area (Å²) in [5.74, 6) is 0. The van der Waals surface area contributed by atoms with E-state index >= 15 is 0 Å². The monoisotopic (exact) mass is 326 g/mol. The summed E-state index contributed by atoms with van der Waals surface area (Å²) in [6.45, 7) is 0. The summed E-state index contributed by atoms with van der Waals surface area (Å²) in [5, 5.41) is 0. The number of hydrogen-bond acceptors (Lipinski definition) is 0. The Bertz CT molecular complexity index is 11.6. The van der Waals surface area contributed by atoms with E-state index in [1.165, 1.54) is 8.80 Å². The van der Waals surface area contributed by atoms with Crippen LogP contribution in [-0.2, 0) is 49.2 Å². The first-order valence-electron chi connectivity index (χ1n) is 0.408. The normalized spacial score (nSPS) is 1.60. The van der Waals surface area contributed by atoms with Gasteiger partial charge < -0.3 is 0 Å². The first-order chi connectivity index (χ1) is 1.00. The van der Waals surface area contributed by atoms with Gasteiger partial charge in [0.25, 0.3) is 0 Å². The molecule has 0 aromatic carbocycles. The maximum absolute atomic E-state index is 2.76. The molecule has 3 radical (unpaired) electrons. The third-order valence-electron chi connectivity index (χ3n) is 0. The Morgan fingerprint density at radius 3 is 1.20 bits per heavy atom. The van der Waals surface area contributed by atoms with Crippen LogP contribution in [0.3, 0.4) is 0 Å². The van der Waals surface area contributed by atoms with Crippen LogP contribution >= 0.6 is 0 Å². The molecule has 0 fully saturated rings. The molecule has 0 unspecified atom stereocenters. The fraction of sp³-hybridized carbons (Fsp3) is 0. The molecule has 0 spiro atoms.